The molecule has 1 N–H and O–H groups in total. The van der Waals surface area contributed by atoms with Crippen LogP contribution in [-0.2, 0) is 6.54 Å². The summed E-state index contributed by atoms with van der Waals surface area (Å²) in [7, 11) is 0. The zero-order chi connectivity index (χ0) is 14.2. The molecule has 0 spiro atoms. The Bertz CT molecular complexity index is 613. The minimum atomic E-state index is 0.457. The van der Waals surface area contributed by atoms with Crippen LogP contribution in [0.1, 0.15) is 60.7 Å². The maximum Gasteiger partial charge on any atom is 0.155 e. The molecule has 0 amide bonds. The number of aryl methyl sites for hydroxylation is 1. The molecule has 2 aromatic rings. The fraction of sp³-hybridized carbons (Fsp3) is 0.625. The number of rotatable bonds is 4. The first-order chi connectivity index (χ1) is 10.3. The Morgan fingerprint density at radius 2 is 2.19 bits per heavy atom. The molecular formula is C16H22N4O. The molecule has 2 aromatic heterocycles. The van der Waals surface area contributed by atoms with Crippen molar-refractivity contribution < 1.29 is 4.42 Å². The number of likely N-dealkylation sites (tertiary alicyclic amines) is 1. The van der Waals surface area contributed by atoms with Crippen LogP contribution >= 0.6 is 0 Å². The first-order valence-electron chi connectivity index (χ1n) is 7.98. The predicted octanol–water partition coefficient (Wildman–Crippen LogP) is 2.96. The molecule has 0 aromatic carbocycles. The molecule has 5 nitrogen and oxygen atoms in total. The van der Waals surface area contributed by atoms with Gasteiger partial charge in [-0.25, -0.2) is 4.98 Å². The van der Waals surface area contributed by atoms with Gasteiger partial charge in [0.25, 0.3) is 0 Å². The van der Waals surface area contributed by atoms with E-state index in [0.29, 0.717) is 11.8 Å². The Kier molecular flexibility index (Phi) is 3.30. The molecule has 2 aliphatic rings. The highest BCUT2D eigenvalue weighted by molar-refractivity contribution is 5.09. The first kappa shape index (κ1) is 13.1. The van der Waals surface area contributed by atoms with Gasteiger partial charge in [-0.2, -0.15) is 5.10 Å². The SMILES string of the molecule is Cc1ccc(CN2CCC[C@@H](c3n[nH]c(C4CC4)n3)C2)o1. The molecule has 1 saturated heterocycles. The number of aromatic amines is 1. The Morgan fingerprint density at radius 3 is 2.95 bits per heavy atom. The molecule has 1 aliphatic carbocycles. The van der Waals surface area contributed by atoms with Gasteiger partial charge in [0.05, 0.1) is 6.54 Å². The van der Waals surface area contributed by atoms with Crippen molar-refractivity contribution in [2.75, 3.05) is 13.1 Å². The van der Waals surface area contributed by atoms with Crippen LogP contribution in [0.3, 0.4) is 0 Å². The number of piperidine rings is 1. The lowest BCUT2D eigenvalue weighted by Gasteiger charge is -2.30. The normalized spacial score (nSPS) is 23.6. The van der Waals surface area contributed by atoms with E-state index in [-0.39, 0.29) is 0 Å². The standard InChI is InChI=1S/C16H22N4O/c1-11-4-7-14(21-11)10-20-8-2-3-13(9-20)16-17-15(18-19-16)12-5-6-12/h4,7,12-13H,2-3,5-6,8-10H2,1H3,(H,17,18,19)/t13-/m1/s1. The zero-order valence-electron chi connectivity index (χ0n) is 12.5. The number of aromatic nitrogens is 3. The van der Waals surface area contributed by atoms with Crippen LogP contribution in [0.2, 0.25) is 0 Å². The lowest BCUT2D eigenvalue weighted by Crippen LogP contribution is -2.34. The van der Waals surface area contributed by atoms with Crippen molar-refractivity contribution in [3.8, 4) is 0 Å². The fourth-order valence-electron chi connectivity index (χ4n) is 3.21. The quantitative estimate of drug-likeness (QED) is 0.938. The third-order valence-corrected chi connectivity index (χ3v) is 4.53. The minimum Gasteiger partial charge on any atom is -0.465 e. The summed E-state index contributed by atoms with van der Waals surface area (Å²) in [6.45, 7) is 5.05. The molecule has 3 heterocycles. The van der Waals surface area contributed by atoms with E-state index in [1.807, 2.05) is 13.0 Å². The van der Waals surface area contributed by atoms with Gasteiger partial charge in [0.15, 0.2) is 5.82 Å². The number of nitrogens with zero attached hydrogens (tertiary/aromatic N) is 3. The van der Waals surface area contributed by atoms with Crippen molar-refractivity contribution in [2.24, 2.45) is 0 Å². The van der Waals surface area contributed by atoms with Gasteiger partial charge in [-0.3, -0.25) is 10.00 Å². The van der Waals surface area contributed by atoms with Gasteiger partial charge in [0.2, 0.25) is 0 Å². The van der Waals surface area contributed by atoms with Crippen molar-refractivity contribution in [1.29, 1.82) is 0 Å². The van der Waals surface area contributed by atoms with Crippen molar-refractivity contribution in [3.63, 3.8) is 0 Å². The maximum absolute atomic E-state index is 5.69. The van der Waals surface area contributed by atoms with Crippen molar-refractivity contribution in [3.05, 3.63) is 35.3 Å². The van der Waals surface area contributed by atoms with Crippen LogP contribution in [0.15, 0.2) is 16.5 Å². The zero-order valence-corrected chi connectivity index (χ0v) is 12.5. The summed E-state index contributed by atoms with van der Waals surface area (Å²) in [4.78, 5) is 7.18. The number of furan rings is 1. The van der Waals surface area contributed by atoms with Gasteiger partial charge in [-0.15, -0.1) is 0 Å². The average Bonchev–Trinajstić information content (AvgIpc) is 3.07. The van der Waals surface area contributed by atoms with Gasteiger partial charge in [0, 0.05) is 18.4 Å². The third-order valence-electron chi connectivity index (χ3n) is 4.53. The maximum atomic E-state index is 5.69. The minimum absolute atomic E-state index is 0.457. The largest absolute Gasteiger partial charge is 0.465 e. The highest BCUT2D eigenvalue weighted by Crippen LogP contribution is 2.38. The molecule has 1 saturated carbocycles. The van der Waals surface area contributed by atoms with E-state index in [4.69, 9.17) is 9.40 Å². The lowest BCUT2D eigenvalue weighted by molar-refractivity contribution is 0.183. The average molecular weight is 286 g/mol. The molecule has 1 aliphatic heterocycles. The highest BCUT2D eigenvalue weighted by Gasteiger charge is 2.30. The summed E-state index contributed by atoms with van der Waals surface area (Å²) in [5.41, 5.74) is 0. The topological polar surface area (TPSA) is 58.0 Å². The van der Waals surface area contributed by atoms with Crippen molar-refractivity contribution in [1.82, 2.24) is 20.1 Å². The summed E-state index contributed by atoms with van der Waals surface area (Å²) in [5, 5.41) is 7.60. The van der Waals surface area contributed by atoms with E-state index in [2.05, 4.69) is 21.2 Å². The Labute approximate surface area is 124 Å². The Balaban J connectivity index is 1.41. The smallest absolute Gasteiger partial charge is 0.155 e. The predicted molar refractivity (Wildman–Crippen MR) is 79.1 cm³/mol. The molecular weight excluding hydrogens is 264 g/mol. The lowest BCUT2D eigenvalue weighted by atomic mass is 9.97. The Morgan fingerprint density at radius 1 is 1.29 bits per heavy atom. The van der Waals surface area contributed by atoms with E-state index in [9.17, 15) is 0 Å². The second-order valence-corrected chi connectivity index (χ2v) is 6.44. The molecule has 0 radical (unpaired) electrons. The van der Waals surface area contributed by atoms with Gasteiger partial charge in [-0.1, -0.05) is 0 Å². The second-order valence-electron chi connectivity index (χ2n) is 6.44. The van der Waals surface area contributed by atoms with Crippen LogP contribution < -0.4 is 0 Å². The summed E-state index contributed by atoms with van der Waals surface area (Å²) in [6, 6.07) is 4.12. The second kappa shape index (κ2) is 5.30. The molecule has 112 valence electrons. The third kappa shape index (κ3) is 2.88. The van der Waals surface area contributed by atoms with Gasteiger partial charge >= 0.3 is 0 Å². The summed E-state index contributed by atoms with van der Waals surface area (Å²) >= 11 is 0. The Hall–Kier alpha value is -1.62. The summed E-state index contributed by atoms with van der Waals surface area (Å²) < 4.78 is 5.69. The van der Waals surface area contributed by atoms with Crippen LogP contribution in [-0.4, -0.2) is 33.2 Å². The molecule has 0 bridgehead atoms. The number of hydrogen-bond acceptors (Lipinski definition) is 4. The molecule has 1 atom stereocenters. The first-order valence-corrected chi connectivity index (χ1v) is 7.98. The fourth-order valence-corrected chi connectivity index (χ4v) is 3.21. The number of nitrogens with one attached hydrogen (secondary N) is 1. The molecule has 5 heteroatoms. The van der Waals surface area contributed by atoms with Gasteiger partial charge in [-0.05, 0) is 51.3 Å². The number of hydrogen-bond donors (Lipinski definition) is 1. The van der Waals surface area contributed by atoms with Crippen LogP contribution in [0.5, 0.6) is 0 Å². The van der Waals surface area contributed by atoms with Gasteiger partial charge < -0.3 is 4.42 Å². The van der Waals surface area contributed by atoms with Gasteiger partial charge in [0.1, 0.15) is 17.3 Å². The molecule has 0 unspecified atom stereocenters. The number of H-pyrrole nitrogens is 1. The molecule has 21 heavy (non-hydrogen) atoms. The van der Waals surface area contributed by atoms with E-state index in [1.165, 1.54) is 25.7 Å². The van der Waals surface area contributed by atoms with E-state index in [0.717, 1.165) is 42.8 Å². The van der Waals surface area contributed by atoms with Crippen molar-refractivity contribution in [2.45, 2.75) is 51.0 Å². The summed E-state index contributed by atoms with van der Waals surface area (Å²) in [5.74, 6) is 5.26. The van der Waals surface area contributed by atoms with Crippen LogP contribution in [0, 0.1) is 6.92 Å². The highest BCUT2D eigenvalue weighted by atomic mass is 16.3. The summed E-state index contributed by atoms with van der Waals surface area (Å²) in [6.07, 6.45) is 4.93. The molecule has 4 rings (SSSR count). The monoisotopic (exact) mass is 286 g/mol. The van der Waals surface area contributed by atoms with E-state index in [1.54, 1.807) is 0 Å². The van der Waals surface area contributed by atoms with E-state index >= 15 is 0 Å². The van der Waals surface area contributed by atoms with Crippen LogP contribution in [0.25, 0.3) is 0 Å². The van der Waals surface area contributed by atoms with E-state index < -0.39 is 0 Å². The van der Waals surface area contributed by atoms with Crippen LogP contribution in [0.4, 0.5) is 0 Å². The van der Waals surface area contributed by atoms with Crippen molar-refractivity contribution >= 4 is 0 Å². The molecule has 2 fully saturated rings.